The number of benzene rings is 1. The van der Waals surface area contributed by atoms with Gasteiger partial charge in [0.15, 0.2) is 0 Å². The minimum atomic E-state index is -1.12. The molecule has 3 rings (SSSR count). The van der Waals surface area contributed by atoms with Gasteiger partial charge in [0.1, 0.15) is 17.3 Å². The lowest BCUT2D eigenvalue weighted by molar-refractivity contribution is -0.137. The molecule has 2 aliphatic rings. The number of rotatable bonds is 3. The average Bonchev–Trinajstić information content (AvgIpc) is 3.12. The van der Waals surface area contributed by atoms with Crippen LogP contribution in [-0.2, 0) is 9.59 Å². The molecule has 0 aliphatic heterocycles. The number of aliphatic hydroxyl groups is 1. The van der Waals surface area contributed by atoms with Gasteiger partial charge < -0.3 is 15.7 Å². The number of halogens is 2. The highest BCUT2D eigenvalue weighted by Crippen LogP contribution is 2.48. The van der Waals surface area contributed by atoms with Crippen LogP contribution in [0.3, 0.4) is 0 Å². The SMILES string of the molecule is O=C(Nc1c(F)cccc1F)C(=O)N[C@H]1[C@H]2CC[C@@H](C2)[C@@H]1CO. The molecule has 2 aliphatic carbocycles. The molecular weight excluding hydrogens is 306 g/mol. The summed E-state index contributed by atoms with van der Waals surface area (Å²) in [7, 11) is 0. The normalized spacial score (nSPS) is 28.7. The van der Waals surface area contributed by atoms with Gasteiger partial charge in [-0.25, -0.2) is 8.78 Å². The van der Waals surface area contributed by atoms with Gasteiger partial charge in [-0.1, -0.05) is 6.07 Å². The molecule has 2 bridgehead atoms. The lowest BCUT2D eigenvalue weighted by Crippen LogP contribution is -2.48. The number of hydrogen-bond donors (Lipinski definition) is 3. The van der Waals surface area contributed by atoms with Crippen LogP contribution >= 0.6 is 0 Å². The summed E-state index contributed by atoms with van der Waals surface area (Å²) >= 11 is 0. The highest BCUT2D eigenvalue weighted by atomic mass is 19.1. The van der Waals surface area contributed by atoms with Crippen molar-refractivity contribution in [2.24, 2.45) is 17.8 Å². The maximum Gasteiger partial charge on any atom is 0.313 e. The van der Waals surface area contributed by atoms with Crippen molar-refractivity contribution >= 4 is 17.5 Å². The molecule has 1 aromatic carbocycles. The van der Waals surface area contributed by atoms with E-state index in [2.05, 4.69) is 5.32 Å². The Morgan fingerprint density at radius 1 is 1.13 bits per heavy atom. The van der Waals surface area contributed by atoms with E-state index in [1.165, 1.54) is 6.07 Å². The van der Waals surface area contributed by atoms with Crippen molar-refractivity contribution in [1.82, 2.24) is 5.32 Å². The van der Waals surface area contributed by atoms with Gasteiger partial charge in [0.2, 0.25) is 0 Å². The molecule has 0 aromatic heterocycles. The van der Waals surface area contributed by atoms with Gasteiger partial charge in [-0.2, -0.15) is 0 Å². The molecule has 5 nitrogen and oxygen atoms in total. The zero-order valence-electron chi connectivity index (χ0n) is 12.4. The average molecular weight is 324 g/mol. The molecule has 0 saturated heterocycles. The molecule has 2 saturated carbocycles. The number of anilines is 1. The Morgan fingerprint density at radius 3 is 2.43 bits per heavy atom. The number of nitrogens with one attached hydrogen (secondary N) is 2. The monoisotopic (exact) mass is 324 g/mol. The molecule has 0 heterocycles. The largest absolute Gasteiger partial charge is 0.396 e. The summed E-state index contributed by atoms with van der Waals surface area (Å²) in [5.74, 6) is -3.40. The summed E-state index contributed by atoms with van der Waals surface area (Å²) in [5.41, 5.74) is -0.640. The fourth-order valence-corrected chi connectivity index (χ4v) is 3.90. The molecular formula is C16H18F2N2O3. The lowest BCUT2D eigenvalue weighted by Gasteiger charge is -2.30. The van der Waals surface area contributed by atoms with Crippen molar-refractivity contribution in [3.05, 3.63) is 29.8 Å². The molecule has 2 fully saturated rings. The van der Waals surface area contributed by atoms with Crippen LogP contribution in [0, 0.1) is 29.4 Å². The van der Waals surface area contributed by atoms with Crippen molar-refractivity contribution in [2.45, 2.75) is 25.3 Å². The van der Waals surface area contributed by atoms with Crippen LogP contribution in [0.5, 0.6) is 0 Å². The lowest BCUT2D eigenvalue weighted by atomic mass is 9.85. The topological polar surface area (TPSA) is 78.4 Å². The maximum atomic E-state index is 13.5. The summed E-state index contributed by atoms with van der Waals surface area (Å²) in [5, 5.41) is 14.0. The van der Waals surface area contributed by atoms with Crippen molar-refractivity contribution in [3.8, 4) is 0 Å². The molecule has 7 heteroatoms. The van der Waals surface area contributed by atoms with Crippen LogP contribution in [0.15, 0.2) is 18.2 Å². The summed E-state index contributed by atoms with van der Waals surface area (Å²) < 4.78 is 27.0. The van der Waals surface area contributed by atoms with Crippen LogP contribution in [0.4, 0.5) is 14.5 Å². The van der Waals surface area contributed by atoms with E-state index in [0.717, 1.165) is 31.4 Å². The summed E-state index contributed by atoms with van der Waals surface area (Å²) in [6.07, 6.45) is 2.91. The zero-order chi connectivity index (χ0) is 16.6. The summed E-state index contributed by atoms with van der Waals surface area (Å²) in [4.78, 5) is 23.9. The van der Waals surface area contributed by atoms with Crippen LogP contribution in [-0.4, -0.2) is 29.6 Å². The highest BCUT2D eigenvalue weighted by Gasteiger charge is 2.48. The van der Waals surface area contributed by atoms with E-state index in [0.29, 0.717) is 5.92 Å². The standard InChI is InChI=1S/C16H18F2N2O3/c17-11-2-1-3-12(18)14(11)20-16(23)15(22)19-13-9-5-4-8(6-9)10(13)7-21/h1-3,8-10,13,21H,4-7H2,(H,19,22)(H,20,23)/t8-,9-,10-,13-/m0/s1. The molecule has 2 amide bonds. The van der Waals surface area contributed by atoms with E-state index >= 15 is 0 Å². The number of carbonyl (C=O) groups excluding carboxylic acids is 2. The summed E-state index contributed by atoms with van der Waals surface area (Å²) in [6.45, 7) is -0.0460. The van der Waals surface area contributed by atoms with E-state index in [-0.39, 0.29) is 24.5 Å². The Morgan fingerprint density at radius 2 is 1.78 bits per heavy atom. The van der Waals surface area contributed by atoms with Crippen molar-refractivity contribution in [1.29, 1.82) is 0 Å². The van der Waals surface area contributed by atoms with Gasteiger partial charge in [0.05, 0.1) is 0 Å². The molecule has 124 valence electrons. The highest BCUT2D eigenvalue weighted by molar-refractivity contribution is 6.39. The zero-order valence-corrected chi connectivity index (χ0v) is 12.4. The van der Waals surface area contributed by atoms with Crippen LogP contribution < -0.4 is 10.6 Å². The van der Waals surface area contributed by atoms with Crippen LogP contribution in [0.1, 0.15) is 19.3 Å². The van der Waals surface area contributed by atoms with Crippen LogP contribution in [0.25, 0.3) is 0 Å². The predicted molar refractivity (Wildman–Crippen MR) is 78.3 cm³/mol. The second kappa shape index (κ2) is 6.23. The smallest absolute Gasteiger partial charge is 0.313 e. The molecule has 0 radical (unpaired) electrons. The summed E-state index contributed by atoms with van der Waals surface area (Å²) in [6, 6.07) is 2.90. The van der Waals surface area contributed by atoms with Gasteiger partial charge in [0, 0.05) is 18.6 Å². The Kier molecular flexibility index (Phi) is 4.30. The fourth-order valence-electron chi connectivity index (χ4n) is 3.90. The van der Waals surface area contributed by atoms with E-state index in [1.807, 2.05) is 5.32 Å². The number of para-hydroxylation sites is 1. The number of carbonyl (C=O) groups is 2. The third-order valence-corrected chi connectivity index (χ3v) is 5.00. The molecule has 1 aromatic rings. The van der Waals surface area contributed by atoms with Gasteiger partial charge in [-0.3, -0.25) is 9.59 Å². The Balaban J connectivity index is 1.65. The first-order valence-electron chi connectivity index (χ1n) is 7.68. The fraction of sp³-hybridized carbons (Fsp3) is 0.500. The number of fused-ring (bicyclic) bond motifs is 2. The van der Waals surface area contributed by atoms with E-state index in [9.17, 15) is 23.5 Å². The molecule has 3 N–H and O–H groups in total. The quantitative estimate of drug-likeness (QED) is 0.736. The first-order chi connectivity index (χ1) is 11.0. The second-order valence-electron chi connectivity index (χ2n) is 6.23. The van der Waals surface area contributed by atoms with Gasteiger partial charge >= 0.3 is 11.8 Å². The first-order valence-corrected chi connectivity index (χ1v) is 7.68. The van der Waals surface area contributed by atoms with Crippen LogP contribution in [0.2, 0.25) is 0 Å². The van der Waals surface area contributed by atoms with Gasteiger partial charge in [-0.15, -0.1) is 0 Å². The predicted octanol–water partition coefficient (Wildman–Crippen LogP) is 1.43. The third kappa shape index (κ3) is 2.93. The molecule has 0 spiro atoms. The minimum absolute atomic E-state index is 0.0460. The maximum absolute atomic E-state index is 13.5. The van der Waals surface area contributed by atoms with E-state index in [4.69, 9.17) is 0 Å². The van der Waals surface area contributed by atoms with Crippen molar-refractivity contribution in [2.75, 3.05) is 11.9 Å². The Hall–Kier alpha value is -2.02. The molecule has 23 heavy (non-hydrogen) atoms. The number of aliphatic hydroxyl groups excluding tert-OH is 1. The van der Waals surface area contributed by atoms with E-state index < -0.39 is 29.1 Å². The van der Waals surface area contributed by atoms with Gasteiger partial charge in [0.25, 0.3) is 0 Å². The third-order valence-electron chi connectivity index (χ3n) is 5.00. The van der Waals surface area contributed by atoms with Crippen molar-refractivity contribution in [3.63, 3.8) is 0 Å². The Labute approximate surface area is 132 Å². The number of hydrogen-bond acceptors (Lipinski definition) is 3. The Bertz CT molecular complexity index is 618. The first kappa shape index (κ1) is 15.9. The minimum Gasteiger partial charge on any atom is -0.396 e. The molecule has 0 unspecified atom stereocenters. The second-order valence-corrected chi connectivity index (χ2v) is 6.23. The number of amides is 2. The van der Waals surface area contributed by atoms with E-state index in [1.54, 1.807) is 0 Å². The van der Waals surface area contributed by atoms with Crippen molar-refractivity contribution < 1.29 is 23.5 Å². The van der Waals surface area contributed by atoms with Gasteiger partial charge in [-0.05, 0) is 43.2 Å². The molecule has 4 atom stereocenters.